The van der Waals surface area contributed by atoms with Gasteiger partial charge in [-0.2, -0.15) is 4.98 Å². The number of aromatic nitrogens is 2. The third-order valence-electron chi connectivity index (χ3n) is 4.55. The summed E-state index contributed by atoms with van der Waals surface area (Å²) in [7, 11) is 0. The molecule has 1 aliphatic rings. The second-order valence-electron chi connectivity index (χ2n) is 6.73. The Labute approximate surface area is 191 Å². The molecule has 0 radical (unpaired) electrons. The lowest BCUT2D eigenvalue weighted by molar-refractivity contribution is -0.113. The minimum Gasteiger partial charge on any atom is -0.338 e. The number of thioether (sulfide) groups is 1. The van der Waals surface area contributed by atoms with Crippen LogP contribution in [0.15, 0.2) is 87.3 Å². The first kappa shape index (κ1) is 20.3. The SMILES string of the molecule is O=C1/C(=C\c2ccccc2)N=C(SCc2nc(-c3cccs3)no2)N1c1ccc(F)cc1. The number of nitrogens with zero attached hydrogens (tertiary/aromatic N) is 4. The molecular weight excluding hydrogens is 447 g/mol. The van der Waals surface area contributed by atoms with Gasteiger partial charge in [-0.3, -0.25) is 9.69 Å². The summed E-state index contributed by atoms with van der Waals surface area (Å²) in [4.78, 5) is 24.5. The van der Waals surface area contributed by atoms with E-state index in [2.05, 4.69) is 15.1 Å². The molecule has 4 aromatic rings. The summed E-state index contributed by atoms with van der Waals surface area (Å²) in [6.45, 7) is 0. The molecule has 1 aliphatic heterocycles. The Morgan fingerprint density at radius 1 is 1.06 bits per heavy atom. The van der Waals surface area contributed by atoms with Gasteiger partial charge < -0.3 is 4.52 Å². The molecule has 9 heteroatoms. The molecule has 0 N–H and O–H groups in total. The Kier molecular flexibility index (Phi) is 5.66. The zero-order chi connectivity index (χ0) is 21.9. The molecule has 5 rings (SSSR count). The predicted octanol–water partition coefficient (Wildman–Crippen LogP) is 5.61. The summed E-state index contributed by atoms with van der Waals surface area (Å²) >= 11 is 2.83. The number of amidine groups is 1. The fourth-order valence-corrected chi connectivity index (χ4v) is 4.56. The standard InChI is InChI=1S/C23H15FN4O2S2/c24-16-8-10-17(11-9-16)28-22(29)18(13-15-5-2-1-3-6-15)25-23(28)32-14-20-26-21(27-30-20)19-7-4-12-31-19/h1-13H,14H2/b18-13+. The highest BCUT2D eigenvalue weighted by atomic mass is 32.2. The summed E-state index contributed by atoms with van der Waals surface area (Å²) in [5.41, 5.74) is 1.69. The van der Waals surface area contributed by atoms with Crippen molar-refractivity contribution in [1.29, 1.82) is 0 Å². The van der Waals surface area contributed by atoms with Crippen molar-refractivity contribution in [3.63, 3.8) is 0 Å². The number of halogens is 1. The second kappa shape index (κ2) is 8.89. The molecule has 0 unspecified atom stereocenters. The average Bonchev–Trinajstić information content (AvgIpc) is 3.55. The Hall–Kier alpha value is -3.56. The Balaban J connectivity index is 1.42. The van der Waals surface area contributed by atoms with Crippen molar-refractivity contribution < 1.29 is 13.7 Å². The van der Waals surface area contributed by atoms with E-state index in [1.807, 2.05) is 47.8 Å². The maximum absolute atomic E-state index is 13.4. The van der Waals surface area contributed by atoms with Crippen LogP contribution >= 0.6 is 23.1 Å². The first-order chi connectivity index (χ1) is 15.7. The lowest BCUT2D eigenvalue weighted by Crippen LogP contribution is -2.30. The molecule has 158 valence electrons. The molecule has 6 nitrogen and oxygen atoms in total. The van der Waals surface area contributed by atoms with Crippen molar-refractivity contribution in [3.05, 3.63) is 95.1 Å². The van der Waals surface area contributed by atoms with Crippen molar-refractivity contribution in [1.82, 2.24) is 10.1 Å². The van der Waals surface area contributed by atoms with Crippen LogP contribution in [-0.4, -0.2) is 21.2 Å². The first-order valence-corrected chi connectivity index (χ1v) is 11.5. The van der Waals surface area contributed by atoms with Gasteiger partial charge in [0, 0.05) is 0 Å². The van der Waals surface area contributed by atoms with E-state index in [1.165, 1.54) is 40.1 Å². The summed E-state index contributed by atoms with van der Waals surface area (Å²) in [6.07, 6.45) is 1.73. The molecule has 0 bridgehead atoms. The van der Waals surface area contributed by atoms with Gasteiger partial charge in [0.1, 0.15) is 11.5 Å². The minimum absolute atomic E-state index is 0.284. The third kappa shape index (κ3) is 4.25. The predicted molar refractivity (Wildman–Crippen MR) is 125 cm³/mol. The average molecular weight is 463 g/mol. The summed E-state index contributed by atoms with van der Waals surface area (Å²) in [6, 6.07) is 19.1. The Bertz CT molecular complexity index is 1300. The van der Waals surface area contributed by atoms with Crippen LogP contribution in [-0.2, 0) is 10.5 Å². The van der Waals surface area contributed by atoms with E-state index in [0.717, 1.165) is 10.4 Å². The lowest BCUT2D eigenvalue weighted by atomic mass is 10.2. The van der Waals surface area contributed by atoms with Gasteiger partial charge in [0.25, 0.3) is 5.91 Å². The van der Waals surface area contributed by atoms with Crippen LogP contribution in [0.4, 0.5) is 10.1 Å². The van der Waals surface area contributed by atoms with E-state index in [0.29, 0.717) is 34.0 Å². The van der Waals surface area contributed by atoms with Gasteiger partial charge >= 0.3 is 0 Å². The van der Waals surface area contributed by atoms with Crippen LogP contribution in [0.1, 0.15) is 11.5 Å². The van der Waals surface area contributed by atoms with Crippen LogP contribution in [0.25, 0.3) is 16.8 Å². The number of aliphatic imine (C=N–C) groups is 1. The highest BCUT2D eigenvalue weighted by Crippen LogP contribution is 2.31. The van der Waals surface area contributed by atoms with Crippen molar-refractivity contribution in [3.8, 4) is 10.7 Å². The number of rotatable bonds is 5. The van der Waals surface area contributed by atoms with Crippen molar-refractivity contribution >= 4 is 45.9 Å². The van der Waals surface area contributed by atoms with Gasteiger partial charge in [-0.05, 0) is 47.4 Å². The summed E-state index contributed by atoms with van der Waals surface area (Å²) < 4.78 is 18.8. The maximum atomic E-state index is 13.4. The fraction of sp³-hybridized carbons (Fsp3) is 0.0435. The van der Waals surface area contributed by atoms with Crippen molar-refractivity contribution in [2.45, 2.75) is 5.75 Å². The highest BCUT2D eigenvalue weighted by molar-refractivity contribution is 8.13. The molecule has 0 saturated heterocycles. The van der Waals surface area contributed by atoms with Gasteiger partial charge in [0.15, 0.2) is 5.17 Å². The number of hydrogen-bond acceptors (Lipinski definition) is 7. The van der Waals surface area contributed by atoms with Crippen LogP contribution in [0.3, 0.4) is 0 Å². The zero-order valence-corrected chi connectivity index (χ0v) is 18.1. The van der Waals surface area contributed by atoms with Gasteiger partial charge in [0.05, 0.1) is 16.3 Å². The molecule has 2 aromatic heterocycles. The van der Waals surface area contributed by atoms with E-state index in [-0.39, 0.29) is 11.7 Å². The van der Waals surface area contributed by atoms with Gasteiger partial charge in [-0.1, -0.05) is 53.3 Å². The number of benzene rings is 2. The Morgan fingerprint density at radius 3 is 2.62 bits per heavy atom. The van der Waals surface area contributed by atoms with E-state index in [9.17, 15) is 9.18 Å². The van der Waals surface area contributed by atoms with Crippen LogP contribution < -0.4 is 4.90 Å². The highest BCUT2D eigenvalue weighted by Gasteiger charge is 2.32. The topological polar surface area (TPSA) is 71.6 Å². The van der Waals surface area contributed by atoms with Gasteiger partial charge in [-0.25, -0.2) is 9.38 Å². The number of hydrogen-bond donors (Lipinski definition) is 0. The monoisotopic (exact) mass is 462 g/mol. The number of thiophene rings is 1. The first-order valence-electron chi connectivity index (χ1n) is 9.62. The number of amides is 1. The fourth-order valence-electron chi connectivity index (χ4n) is 3.06. The largest absolute Gasteiger partial charge is 0.338 e. The molecule has 0 atom stereocenters. The van der Waals surface area contributed by atoms with E-state index >= 15 is 0 Å². The van der Waals surface area contributed by atoms with Crippen LogP contribution in [0.5, 0.6) is 0 Å². The lowest BCUT2D eigenvalue weighted by Gasteiger charge is -2.17. The van der Waals surface area contributed by atoms with Crippen LogP contribution in [0.2, 0.25) is 0 Å². The smallest absolute Gasteiger partial charge is 0.283 e. The molecule has 0 fully saturated rings. The number of carbonyl (C=O) groups excluding carboxylic acids is 1. The van der Waals surface area contributed by atoms with Crippen LogP contribution in [0, 0.1) is 5.82 Å². The molecule has 3 heterocycles. The molecule has 32 heavy (non-hydrogen) atoms. The second-order valence-corrected chi connectivity index (χ2v) is 8.62. The Morgan fingerprint density at radius 2 is 1.88 bits per heavy atom. The van der Waals surface area contributed by atoms with E-state index in [4.69, 9.17) is 4.52 Å². The quantitative estimate of drug-likeness (QED) is 0.360. The third-order valence-corrected chi connectivity index (χ3v) is 6.34. The minimum atomic E-state index is -0.376. The molecule has 1 amide bonds. The normalized spacial score (nSPS) is 14.9. The summed E-state index contributed by atoms with van der Waals surface area (Å²) in [5.74, 6) is 0.625. The molecular formula is C23H15FN4O2S2. The molecule has 0 spiro atoms. The number of anilines is 1. The molecule has 0 aliphatic carbocycles. The van der Waals surface area contributed by atoms with E-state index < -0.39 is 0 Å². The van der Waals surface area contributed by atoms with E-state index in [1.54, 1.807) is 18.2 Å². The number of carbonyl (C=O) groups is 1. The maximum Gasteiger partial charge on any atom is 0.283 e. The summed E-state index contributed by atoms with van der Waals surface area (Å²) in [5, 5.41) is 6.42. The van der Waals surface area contributed by atoms with Crippen molar-refractivity contribution in [2.75, 3.05) is 4.90 Å². The van der Waals surface area contributed by atoms with Gasteiger partial charge in [0.2, 0.25) is 11.7 Å². The van der Waals surface area contributed by atoms with Crippen molar-refractivity contribution in [2.24, 2.45) is 4.99 Å². The zero-order valence-electron chi connectivity index (χ0n) is 16.5. The molecule has 0 saturated carbocycles. The molecule has 2 aromatic carbocycles. The van der Waals surface area contributed by atoms with Gasteiger partial charge in [-0.15, -0.1) is 11.3 Å².